The summed E-state index contributed by atoms with van der Waals surface area (Å²) in [5.74, 6) is 2.31. The van der Waals surface area contributed by atoms with Crippen molar-refractivity contribution in [3.8, 4) is 11.1 Å². The maximum atomic E-state index is 11.7. The van der Waals surface area contributed by atoms with Crippen molar-refractivity contribution in [2.75, 3.05) is 0 Å². The molecule has 0 atom stereocenters. The number of aromatic nitrogens is 3. The fourth-order valence-electron chi connectivity index (χ4n) is 4.05. The molecule has 0 bridgehead atoms. The van der Waals surface area contributed by atoms with E-state index in [0.717, 1.165) is 52.5 Å². The van der Waals surface area contributed by atoms with E-state index in [1.807, 2.05) is 27.0 Å². The van der Waals surface area contributed by atoms with Crippen molar-refractivity contribution in [3.63, 3.8) is 0 Å². The molecular formula is C23H33N3O2. The lowest BCUT2D eigenvalue weighted by Crippen LogP contribution is -2.37. The van der Waals surface area contributed by atoms with Crippen LogP contribution in [-0.4, -0.2) is 20.2 Å². The van der Waals surface area contributed by atoms with Gasteiger partial charge in [-0.25, -0.2) is 4.98 Å². The molecule has 0 amide bonds. The topological polar surface area (TPSA) is 74.9 Å². The quantitative estimate of drug-likeness (QED) is 0.716. The third-order valence-electron chi connectivity index (χ3n) is 5.86. The lowest BCUT2D eigenvalue weighted by molar-refractivity contribution is -0.0532. The van der Waals surface area contributed by atoms with Gasteiger partial charge in [-0.15, -0.1) is 0 Å². The number of aromatic amines is 1. The molecule has 2 aromatic heterocycles. The smallest absolute Gasteiger partial charge is 0.141 e. The maximum Gasteiger partial charge on any atom is 0.141 e. The zero-order chi connectivity index (χ0) is 20.6. The normalized spacial score (nSPS) is 14.6. The molecule has 0 aliphatic heterocycles. The van der Waals surface area contributed by atoms with Crippen molar-refractivity contribution in [1.82, 2.24) is 15.1 Å². The van der Waals surface area contributed by atoms with E-state index < -0.39 is 5.60 Å². The van der Waals surface area contributed by atoms with Crippen LogP contribution in [0.25, 0.3) is 11.1 Å². The minimum Gasteiger partial charge on any atom is -0.385 e. The second-order valence-corrected chi connectivity index (χ2v) is 8.76. The second-order valence-electron chi connectivity index (χ2n) is 8.76. The molecule has 1 saturated carbocycles. The summed E-state index contributed by atoms with van der Waals surface area (Å²) in [6.45, 7) is 14.1. The summed E-state index contributed by atoms with van der Waals surface area (Å²) in [4.78, 5) is 8.26. The van der Waals surface area contributed by atoms with Gasteiger partial charge in [0.25, 0.3) is 0 Å². The van der Waals surface area contributed by atoms with Gasteiger partial charge in [0.05, 0.1) is 11.3 Å². The van der Waals surface area contributed by atoms with Crippen molar-refractivity contribution in [2.24, 2.45) is 11.8 Å². The van der Waals surface area contributed by atoms with Gasteiger partial charge in [0, 0.05) is 28.9 Å². The molecule has 5 heteroatoms. The molecule has 0 unspecified atom stereocenters. The number of hydrogen-bond acceptors (Lipinski definition) is 4. The monoisotopic (exact) mass is 383 g/mol. The summed E-state index contributed by atoms with van der Waals surface area (Å²) in [5.41, 5.74) is 3.63. The highest BCUT2D eigenvalue weighted by atomic mass is 16.5. The lowest BCUT2D eigenvalue weighted by atomic mass is 9.75. The van der Waals surface area contributed by atoms with Crippen LogP contribution in [0.4, 0.5) is 0 Å². The summed E-state index contributed by atoms with van der Waals surface area (Å²) in [5, 5.41) is 15.8. The van der Waals surface area contributed by atoms with Crippen LogP contribution in [0.3, 0.4) is 0 Å². The SMILES string of the molecule is Cc1cc(-c2c(C)noc2C)cc(C(O)(C(C)C)C(C)C)cnc(C2CC2)[nH]1. The number of nitrogens with one attached hydrogen (secondary N) is 1. The highest BCUT2D eigenvalue weighted by Gasteiger charge is 2.37. The Morgan fingerprint density at radius 3 is 2.25 bits per heavy atom. The van der Waals surface area contributed by atoms with Crippen LogP contribution in [-0.2, 0) is 5.60 Å². The Hall–Kier alpha value is -2.14. The van der Waals surface area contributed by atoms with Gasteiger partial charge in [-0.1, -0.05) is 32.9 Å². The van der Waals surface area contributed by atoms with Crippen LogP contribution in [0.15, 0.2) is 22.9 Å². The van der Waals surface area contributed by atoms with Gasteiger partial charge in [-0.2, -0.15) is 0 Å². The van der Waals surface area contributed by atoms with E-state index in [0.29, 0.717) is 5.92 Å². The van der Waals surface area contributed by atoms with Crippen LogP contribution < -0.4 is 0 Å². The molecule has 0 aromatic carbocycles. The van der Waals surface area contributed by atoms with Gasteiger partial charge in [-0.05, 0) is 63.1 Å². The summed E-state index contributed by atoms with van der Waals surface area (Å²) in [6, 6.07) is 4.15. The molecule has 0 spiro atoms. The Bertz CT molecular complexity index is 875. The molecule has 1 aliphatic rings. The van der Waals surface area contributed by atoms with Crippen LogP contribution in [0, 0.1) is 32.6 Å². The van der Waals surface area contributed by atoms with Gasteiger partial charge in [0.2, 0.25) is 0 Å². The van der Waals surface area contributed by atoms with E-state index in [4.69, 9.17) is 9.51 Å². The number of aryl methyl sites for hydroxylation is 3. The molecule has 2 N–H and O–H groups in total. The van der Waals surface area contributed by atoms with Crippen molar-refractivity contribution >= 4 is 0 Å². The van der Waals surface area contributed by atoms with Crippen LogP contribution in [0.1, 0.15) is 75.0 Å². The molecular weight excluding hydrogens is 350 g/mol. The fourth-order valence-corrected chi connectivity index (χ4v) is 4.05. The van der Waals surface area contributed by atoms with Crippen LogP contribution in [0.2, 0.25) is 0 Å². The lowest BCUT2D eigenvalue weighted by Gasteiger charge is -2.36. The van der Waals surface area contributed by atoms with Crippen molar-refractivity contribution in [1.29, 1.82) is 0 Å². The Morgan fingerprint density at radius 1 is 1.11 bits per heavy atom. The first-order valence-electron chi connectivity index (χ1n) is 10.3. The predicted molar refractivity (Wildman–Crippen MR) is 111 cm³/mol. The van der Waals surface area contributed by atoms with Crippen LogP contribution in [0.5, 0.6) is 0 Å². The minimum absolute atomic E-state index is 0.0410. The average Bonchev–Trinajstić information content (AvgIpc) is 3.39. The first-order chi connectivity index (χ1) is 13.1. The highest BCUT2D eigenvalue weighted by molar-refractivity contribution is 5.68. The molecule has 2 heterocycles. The van der Waals surface area contributed by atoms with Crippen molar-refractivity contribution < 1.29 is 9.63 Å². The van der Waals surface area contributed by atoms with E-state index >= 15 is 0 Å². The third kappa shape index (κ3) is 3.86. The molecule has 5 nitrogen and oxygen atoms in total. The first kappa shape index (κ1) is 20.6. The molecule has 0 radical (unpaired) electrons. The fraction of sp³-hybridized carbons (Fsp3) is 0.565. The molecule has 28 heavy (non-hydrogen) atoms. The molecule has 1 fully saturated rings. The maximum absolute atomic E-state index is 11.7. The third-order valence-corrected chi connectivity index (χ3v) is 5.86. The molecule has 2 aromatic rings. The highest BCUT2D eigenvalue weighted by Crippen LogP contribution is 2.40. The Morgan fingerprint density at radius 2 is 1.75 bits per heavy atom. The Labute approximate surface area is 167 Å². The van der Waals surface area contributed by atoms with E-state index in [1.54, 1.807) is 0 Å². The summed E-state index contributed by atoms with van der Waals surface area (Å²) < 4.78 is 5.42. The van der Waals surface area contributed by atoms with Crippen LogP contribution >= 0.6 is 0 Å². The summed E-state index contributed by atoms with van der Waals surface area (Å²) >= 11 is 0. The predicted octanol–water partition coefficient (Wildman–Crippen LogP) is 5.49. The first-order valence-corrected chi connectivity index (χ1v) is 10.3. The van der Waals surface area contributed by atoms with Crippen molar-refractivity contribution in [2.45, 2.75) is 72.8 Å². The number of rotatable bonds is 5. The van der Waals surface area contributed by atoms with E-state index in [1.165, 1.54) is 0 Å². The zero-order valence-corrected chi connectivity index (χ0v) is 18.1. The summed E-state index contributed by atoms with van der Waals surface area (Å²) in [6.07, 6.45) is 4.17. The largest absolute Gasteiger partial charge is 0.385 e. The summed E-state index contributed by atoms with van der Waals surface area (Å²) in [7, 11) is 0. The van der Waals surface area contributed by atoms with E-state index in [9.17, 15) is 5.11 Å². The molecule has 1 aliphatic carbocycles. The van der Waals surface area contributed by atoms with E-state index in [-0.39, 0.29) is 11.8 Å². The molecule has 3 rings (SSSR count). The van der Waals surface area contributed by atoms with Gasteiger partial charge in [0.1, 0.15) is 11.6 Å². The molecule has 0 saturated heterocycles. The zero-order valence-electron chi connectivity index (χ0n) is 18.1. The Kier molecular flexibility index (Phi) is 5.67. The number of aliphatic hydroxyl groups is 1. The van der Waals surface area contributed by atoms with Gasteiger partial charge < -0.3 is 14.6 Å². The van der Waals surface area contributed by atoms with Gasteiger partial charge in [0.15, 0.2) is 0 Å². The van der Waals surface area contributed by atoms with Gasteiger partial charge >= 0.3 is 0 Å². The molecule has 152 valence electrons. The van der Waals surface area contributed by atoms with Crippen molar-refractivity contribution in [3.05, 3.63) is 46.9 Å². The Balaban J connectivity index is 2.36. The number of H-pyrrole nitrogens is 1. The van der Waals surface area contributed by atoms with E-state index in [2.05, 4.69) is 50.0 Å². The number of hydrogen-bond donors (Lipinski definition) is 2. The minimum atomic E-state index is -0.992. The average molecular weight is 384 g/mol. The standard InChI is InChI=1S/C23H33N3O2/c1-13(2)23(27,14(3)4)20-11-19(21-16(6)26-28-17(21)7)10-15(5)25-22(24-12-20)18-8-9-18/h10-14,18,27H,8-9H2,1-7H3,(H,24,25). The number of nitrogens with zero attached hydrogens (tertiary/aromatic N) is 2. The second kappa shape index (κ2) is 7.70. The van der Waals surface area contributed by atoms with Gasteiger partial charge in [-0.3, -0.25) is 0 Å².